The van der Waals surface area contributed by atoms with Crippen molar-refractivity contribution in [2.24, 2.45) is 0 Å². The number of likely N-dealkylation sites (tertiary alicyclic amines) is 1. The van der Waals surface area contributed by atoms with Crippen LogP contribution in [0.25, 0.3) is 0 Å². The number of aryl methyl sites for hydroxylation is 1. The first-order valence-corrected chi connectivity index (χ1v) is 7.95. The minimum absolute atomic E-state index is 0.475. The van der Waals surface area contributed by atoms with Gasteiger partial charge in [0.25, 0.3) is 0 Å². The highest BCUT2D eigenvalue weighted by molar-refractivity contribution is 7.11. The molecule has 96 valence electrons. The van der Waals surface area contributed by atoms with Crippen LogP contribution in [0.5, 0.6) is 0 Å². The van der Waals surface area contributed by atoms with Gasteiger partial charge in [0.2, 0.25) is 0 Å². The quantitative estimate of drug-likeness (QED) is 0.866. The fourth-order valence-electron chi connectivity index (χ4n) is 2.43. The maximum absolute atomic E-state index is 4.48. The molecule has 1 saturated heterocycles. The predicted molar refractivity (Wildman–Crippen MR) is 73.8 cm³/mol. The summed E-state index contributed by atoms with van der Waals surface area (Å²) in [5.74, 6) is 0. The van der Waals surface area contributed by atoms with E-state index >= 15 is 0 Å². The van der Waals surface area contributed by atoms with Crippen LogP contribution in [0.3, 0.4) is 0 Å². The van der Waals surface area contributed by atoms with Crippen LogP contribution in [0.4, 0.5) is 0 Å². The lowest BCUT2D eigenvalue weighted by molar-refractivity contribution is 0.140. The average Bonchev–Trinajstić information content (AvgIpc) is 3.02. The van der Waals surface area contributed by atoms with Crippen LogP contribution in [0, 0.1) is 6.92 Å². The van der Waals surface area contributed by atoms with Crippen LogP contribution in [0.2, 0.25) is 0 Å². The SMILES string of the molecule is Cc1nnc(CN2CCCCC2c2nccs2)s1. The summed E-state index contributed by atoms with van der Waals surface area (Å²) in [5, 5.41) is 13.8. The van der Waals surface area contributed by atoms with Crippen LogP contribution in [0.1, 0.15) is 40.3 Å². The second-order valence-electron chi connectivity index (χ2n) is 4.57. The molecule has 0 spiro atoms. The van der Waals surface area contributed by atoms with Gasteiger partial charge in [-0.05, 0) is 26.3 Å². The van der Waals surface area contributed by atoms with Crippen molar-refractivity contribution in [2.75, 3.05) is 6.54 Å². The summed E-state index contributed by atoms with van der Waals surface area (Å²) in [4.78, 5) is 6.98. The standard InChI is InChI=1S/C12H16N4S2/c1-9-14-15-11(18-9)8-16-6-3-2-4-10(16)12-13-5-7-17-12/h5,7,10H,2-4,6,8H2,1H3. The molecule has 3 heterocycles. The molecule has 0 aliphatic carbocycles. The molecule has 0 saturated carbocycles. The third-order valence-electron chi connectivity index (χ3n) is 3.26. The second kappa shape index (κ2) is 5.42. The van der Waals surface area contributed by atoms with Crippen molar-refractivity contribution in [3.05, 3.63) is 26.6 Å². The summed E-state index contributed by atoms with van der Waals surface area (Å²) in [6.07, 6.45) is 5.70. The van der Waals surface area contributed by atoms with Crippen LogP contribution in [-0.2, 0) is 6.54 Å². The van der Waals surface area contributed by atoms with Crippen LogP contribution in [0.15, 0.2) is 11.6 Å². The van der Waals surface area contributed by atoms with Crippen LogP contribution >= 0.6 is 22.7 Å². The fraction of sp³-hybridized carbons (Fsp3) is 0.583. The van der Waals surface area contributed by atoms with Gasteiger partial charge in [-0.25, -0.2) is 4.98 Å². The van der Waals surface area contributed by atoms with Crippen molar-refractivity contribution in [1.29, 1.82) is 0 Å². The molecule has 4 nitrogen and oxygen atoms in total. The van der Waals surface area contributed by atoms with Crippen molar-refractivity contribution in [1.82, 2.24) is 20.1 Å². The zero-order chi connectivity index (χ0) is 12.4. The summed E-state index contributed by atoms with van der Waals surface area (Å²) in [6.45, 7) is 4.06. The number of piperidine rings is 1. The predicted octanol–water partition coefficient (Wildman–Crippen LogP) is 3.03. The molecule has 2 aromatic rings. The van der Waals surface area contributed by atoms with Crippen molar-refractivity contribution >= 4 is 22.7 Å². The molecule has 0 radical (unpaired) electrons. The lowest BCUT2D eigenvalue weighted by Crippen LogP contribution is -2.32. The molecule has 1 unspecified atom stereocenters. The van der Waals surface area contributed by atoms with Gasteiger partial charge in [0.05, 0.1) is 12.6 Å². The number of thiazole rings is 1. The van der Waals surface area contributed by atoms with Crippen LogP contribution in [-0.4, -0.2) is 26.6 Å². The molecule has 0 N–H and O–H groups in total. The van der Waals surface area contributed by atoms with Gasteiger partial charge in [0.1, 0.15) is 15.0 Å². The molecule has 0 aromatic carbocycles. The van der Waals surface area contributed by atoms with Gasteiger partial charge in [0.15, 0.2) is 0 Å². The lowest BCUT2D eigenvalue weighted by atomic mass is 10.0. The molecule has 2 aromatic heterocycles. The molecular formula is C12H16N4S2. The van der Waals surface area contributed by atoms with Crippen molar-refractivity contribution in [3.8, 4) is 0 Å². The van der Waals surface area contributed by atoms with E-state index < -0.39 is 0 Å². The Morgan fingerprint density at radius 1 is 1.39 bits per heavy atom. The summed E-state index contributed by atoms with van der Waals surface area (Å²) in [6, 6.07) is 0.475. The van der Waals surface area contributed by atoms with Gasteiger partial charge in [-0.15, -0.1) is 32.9 Å². The molecule has 1 aliphatic rings. The highest BCUT2D eigenvalue weighted by atomic mass is 32.1. The van der Waals surface area contributed by atoms with Crippen molar-refractivity contribution < 1.29 is 0 Å². The maximum Gasteiger partial charge on any atom is 0.131 e. The van der Waals surface area contributed by atoms with Gasteiger partial charge < -0.3 is 0 Å². The van der Waals surface area contributed by atoms with Gasteiger partial charge in [-0.2, -0.15) is 0 Å². The molecule has 6 heteroatoms. The lowest BCUT2D eigenvalue weighted by Gasteiger charge is -2.33. The van der Waals surface area contributed by atoms with E-state index in [1.807, 2.05) is 13.1 Å². The fourth-order valence-corrected chi connectivity index (χ4v) is 3.98. The Morgan fingerprint density at radius 3 is 3.06 bits per heavy atom. The topological polar surface area (TPSA) is 41.9 Å². The highest BCUT2D eigenvalue weighted by Crippen LogP contribution is 2.33. The molecule has 1 atom stereocenters. The molecule has 0 bridgehead atoms. The first-order valence-electron chi connectivity index (χ1n) is 6.25. The second-order valence-corrected chi connectivity index (χ2v) is 6.76. The van der Waals surface area contributed by atoms with E-state index in [0.717, 1.165) is 23.1 Å². The maximum atomic E-state index is 4.48. The van der Waals surface area contributed by atoms with E-state index in [1.165, 1.54) is 24.3 Å². The number of hydrogen-bond donors (Lipinski definition) is 0. The van der Waals surface area contributed by atoms with Crippen molar-refractivity contribution in [3.63, 3.8) is 0 Å². The Bertz CT molecular complexity index is 494. The van der Waals surface area contributed by atoms with Crippen molar-refractivity contribution in [2.45, 2.75) is 38.8 Å². The zero-order valence-corrected chi connectivity index (χ0v) is 12.0. The summed E-state index contributed by atoms with van der Waals surface area (Å²) in [7, 11) is 0. The summed E-state index contributed by atoms with van der Waals surface area (Å²) in [5.41, 5.74) is 0. The Labute approximate surface area is 115 Å². The number of aromatic nitrogens is 3. The van der Waals surface area contributed by atoms with Gasteiger partial charge in [-0.3, -0.25) is 4.90 Å². The average molecular weight is 280 g/mol. The molecule has 0 amide bonds. The number of hydrogen-bond acceptors (Lipinski definition) is 6. The van der Waals surface area contributed by atoms with Gasteiger partial charge in [0, 0.05) is 11.6 Å². The van der Waals surface area contributed by atoms with Gasteiger partial charge in [-0.1, -0.05) is 6.42 Å². The Balaban J connectivity index is 1.76. The van der Waals surface area contributed by atoms with E-state index in [-0.39, 0.29) is 0 Å². The number of nitrogens with zero attached hydrogens (tertiary/aromatic N) is 4. The molecular weight excluding hydrogens is 264 g/mol. The minimum atomic E-state index is 0.475. The van der Waals surface area contributed by atoms with Gasteiger partial charge >= 0.3 is 0 Å². The third kappa shape index (κ3) is 2.60. The number of rotatable bonds is 3. The van der Waals surface area contributed by atoms with E-state index in [2.05, 4.69) is 25.5 Å². The minimum Gasteiger partial charge on any atom is -0.287 e. The molecule has 1 aliphatic heterocycles. The Kier molecular flexibility index (Phi) is 3.67. The third-order valence-corrected chi connectivity index (χ3v) is 4.96. The smallest absolute Gasteiger partial charge is 0.131 e. The first kappa shape index (κ1) is 12.2. The normalized spacial score (nSPS) is 21.3. The summed E-state index contributed by atoms with van der Waals surface area (Å²) >= 11 is 3.46. The monoisotopic (exact) mass is 280 g/mol. The largest absolute Gasteiger partial charge is 0.287 e. The highest BCUT2D eigenvalue weighted by Gasteiger charge is 2.26. The van der Waals surface area contributed by atoms with E-state index in [1.54, 1.807) is 22.7 Å². The molecule has 18 heavy (non-hydrogen) atoms. The van der Waals surface area contributed by atoms with E-state index in [0.29, 0.717) is 6.04 Å². The molecule has 3 rings (SSSR count). The van der Waals surface area contributed by atoms with E-state index in [9.17, 15) is 0 Å². The zero-order valence-electron chi connectivity index (χ0n) is 10.4. The first-order chi connectivity index (χ1) is 8.83. The molecule has 1 fully saturated rings. The Morgan fingerprint density at radius 2 is 2.33 bits per heavy atom. The summed E-state index contributed by atoms with van der Waals surface area (Å²) < 4.78 is 0. The van der Waals surface area contributed by atoms with E-state index in [4.69, 9.17) is 0 Å². The Hall–Kier alpha value is -0.850. The van der Waals surface area contributed by atoms with Crippen LogP contribution < -0.4 is 0 Å².